The number of amides is 2. The molecular formula is C15H27N5O2. The van der Waals surface area contributed by atoms with E-state index in [4.69, 9.17) is 4.42 Å². The third kappa shape index (κ3) is 4.69. The Hall–Kier alpha value is -1.63. The van der Waals surface area contributed by atoms with E-state index in [1.54, 1.807) is 11.9 Å². The molecule has 1 aliphatic heterocycles. The zero-order valence-corrected chi connectivity index (χ0v) is 13.8. The Labute approximate surface area is 132 Å². The van der Waals surface area contributed by atoms with E-state index < -0.39 is 0 Å². The molecule has 2 heterocycles. The van der Waals surface area contributed by atoms with Crippen LogP contribution in [-0.4, -0.2) is 59.3 Å². The molecular weight excluding hydrogens is 282 g/mol. The van der Waals surface area contributed by atoms with Gasteiger partial charge in [0.2, 0.25) is 11.8 Å². The summed E-state index contributed by atoms with van der Waals surface area (Å²) in [6.07, 6.45) is 3.11. The van der Waals surface area contributed by atoms with E-state index >= 15 is 0 Å². The number of likely N-dealkylation sites (tertiary alicyclic amines) is 1. The van der Waals surface area contributed by atoms with Gasteiger partial charge in [-0.05, 0) is 31.8 Å². The quantitative estimate of drug-likeness (QED) is 0.862. The number of carbonyl (C=O) groups excluding carboxylic acids is 1. The highest BCUT2D eigenvalue weighted by molar-refractivity contribution is 5.73. The maximum absolute atomic E-state index is 12.1. The van der Waals surface area contributed by atoms with Crippen LogP contribution >= 0.6 is 0 Å². The van der Waals surface area contributed by atoms with Crippen molar-refractivity contribution in [2.75, 3.05) is 33.2 Å². The highest BCUT2D eigenvalue weighted by atomic mass is 16.4. The van der Waals surface area contributed by atoms with E-state index in [2.05, 4.69) is 27.3 Å². The Morgan fingerprint density at radius 3 is 2.86 bits per heavy atom. The third-order valence-corrected chi connectivity index (χ3v) is 4.12. The lowest BCUT2D eigenvalue weighted by molar-refractivity contribution is 0.171. The van der Waals surface area contributed by atoms with Gasteiger partial charge in [-0.15, -0.1) is 10.2 Å². The van der Waals surface area contributed by atoms with Crippen LogP contribution in [0.25, 0.3) is 0 Å². The van der Waals surface area contributed by atoms with Crippen LogP contribution in [0, 0.1) is 5.92 Å². The van der Waals surface area contributed by atoms with E-state index in [0.29, 0.717) is 30.7 Å². The second kappa shape index (κ2) is 8.12. The Kier molecular flexibility index (Phi) is 6.18. The molecule has 1 fully saturated rings. The van der Waals surface area contributed by atoms with Crippen molar-refractivity contribution in [1.29, 1.82) is 0 Å². The van der Waals surface area contributed by atoms with Crippen LogP contribution in [0.15, 0.2) is 4.42 Å². The maximum Gasteiger partial charge on any atom is 0.317 e. The van der Waals surface area contributed by atoms with Crippen molar-refractivity contribution < 1.29 is 9.21 Å². The molecule has 1 aliphatic rings. The second-order valence-corrected chi connectivity index (χ2v) is 5.89. The van der Waals surface area contributed by atoms with Gasteiger partial charge in [0.05, 0.1) is 0 Å². The minimum atomic E-state index is -0.0927. The number of aryl methyl sites for hydroxylation is 1. The average Bonchev–Trinajstić information content (AvgIpc) is 3.00. The van der Waals surface area contributed by atoms with Crippen molar-refractivity contribution in [2.24, 2.45) is 5.92 Å². The van der Waals surface area contributed by atoms with Gasteiger partial charge in [0.1, 0.15) is 6.54 Å². The van der Waals surface area contributed by atoms with Crippen molar-refractivity contribution >= 4 is 6.03 Å². The van der Waals surface area contributed by atoms with Crippen LogP contribution < -0.4 is 5.32 Å². The van der Waals surface area contributed by atoms with Gasteiger partial charge in [-0.2, -0.15) is 0 Å². The van der Waals surface area contributed by atoms with Crippen LogP contribution in [-0.2, 0) is 13.0 Å². The molecule has 1 unspecified atom stereocenters. The summed E-state index contributed by atoms with van der Waals surface area (Å²) in [5.41, 5.74) is 0. The van der Waals surface area contributed by atoms with Gasteiger partial charge < -0.3 is 19.5 Å². The second-order valence-electron chi connectivity index (χ2n) is 5.89. The lowest BCUT2D eigenvalue weighted by Gasteiger charge is -2.32. The normalized spacial score (nSPS) is 19.1. The molecule has 0 saturated carbocycles. The van der Waals surface area contributed by atoms with Gasteiger partial charge >= 0.3 is 6.03 Å². The molecule has 0 aliphatic carbocycles. The molecule has 22 heavy (non-hydrogen) atoms. The van der Waals surface area contributed by atoms with E-state index in [-0.39, 0.29) is 6.03 Å². The largest absolute Gasteiger partial charge is 0.423 e. The van der Waals surface area contributed by atoms with Crippen molar-refractivity contribution in [3.05, 3.63) is 11.8 Å². The van der Waals surface area contributed by atoms with Gasteiger partial charge in [-0.25, -0.2) is 4.79 Å². The Bertz CT molecular complexity index is 476. The molecule has 2 amide bonds. The molecule has 0 aromatic carbocycles. The van der Waals surface area contributed by atoms with Crippen LogP contribution in [0.1, 0.15) is 38.5 Å². The van der Waals surface area contributed by atoms with Crippen LogP contribution in [0.4, 0.5) is 4.79 Å². The zero-order chi connectivity index (χ0) is 15.9. The lowest BCUT2D eigenvalue weighted by atomic mass is 9.98. The van der Waals surface area contributed by atoms with Gasteiger partial charge in [-0.1, -0.05) is 13.8 Å². The summed E-state index contributed by atoms with van der Waals surface area (Å²) in [6, 6.07) is -0.0927. The molecule has 0 bridgehead atoms. The molecule has 1 atom stereocenters. The minimum absolute atomic E-state index is 0.0927. The van der Waals surface area contributed by atoms with E-state index in [1.807, 2.05) is 6.92 Å². The van der Waals surface area contributed by atoms with Gasteiger partial charge in [0, 0.05) is 26.6 Å². The van der Waals surface area contributed by atoms with Crippen LogP contribution in [0.5, 0.6) is 0 Å². The first-order chi connectivity index (χ1) is 10.6. The molecule has 124 valence electrons. The summed E-state index contributed by atoms with van der Waals surface area (Å²) in [6.45, 7) is 8.54. The number of piperidine rings is 1. The Morgan fingerprint density at radius 1 is 1.41 bits per heavy atom. The summed E-state index contributed by atoms with van der Waals surface area (Å²) >= 11 is 0. The first kappa shape index (κ1) is 16.7. The number of nitrogens with one attached hydrogen (secondary N) is 1. The fourth-order valence-electron chi connectivity index (χ4n) is 2.74. The smallest absolute Gasteiger partial charge is 0.317 e. The van der Waals surface area contributed by atoms with E-state index in [0.717, 1.165) is 19.6 Å². The maximum atomic E-state index is 12.1. The molecule has 1 aromatic rings. The number of nitrogens with zero attached hydrogens (tertiary/aromatic N) is 4. The lowest BCUT2D eigenvalue weighted by Crippen LogP contribution is -2.44. The first-order valence-corrected chi connectivity index (χ1v) is 8.14. The predicted molar refractivity (Wildman–Crippen MR) is 83.4 cm³/mol. The predicted octanol–water partition coefficient (Wildman–Crippen LogP) is 1.51. The van der Waals surface area contributed by atoms with Gasteiger partial charge in [0.15, 0.2) is 0 Å². The number of hydrogen-bond acceptors (Lipinski definition) is 5. The first-order valence-electron chi connectivity index (χ1n) is 8.14. The standard InChI is InChI=1S/C15H27N5O2/c1-4-13-17-18-14(22-13)11-19(3)15(21)16-9-12-7-6-8-20(5-2)10-12/h12H,4-11H2,1-3H3,(H,16,21). The summed E-state index contributed by atoms with van der Waals surface area (Å²) in [5, 5.41) is 10.8. The van der Waals surface area contributed by atoms with Crippen LogP contribution in [0.2, 0.25) is 0 Å². The number of hydrogen-bond donors (Lipinski definition) is 1. The third-order valence-electron chi connectivity index (χ3n) is 4.12. The number of rotatable bonds is 6. The molecule has 7 nitrogen and oxygen atoms in total. The Morgan fingerprint density at radius 2 is 2.18 bits per heavy atom. The molecule has 0 radical (unpaired) electrons. The average molecular weight is 309 g/mol. The summed E-state index contributed by atoms with van der Waals surface area (Å²) in [7, 11) is 1.74. The number of urea groups is 1. The minimum Gasteiger partial charge on any atom is -0.423 e. The van der Waals surface area contributed by atoms with Crippen molar-refractivity contribution in [3.63, 3.8) is 0 Å². The summed E-state index contributed by atoms with van der Waals surface area (Å²) in [4.78, 5) is 16.1. The molecule has 1 aromatic heterocycles. The number of carbonyl (C=O) groups is 1. The molecule has 7 heteroatoms. The van der Waals surface area contributed by atoms with E-state index in [9.17, 15) is 4.79 Å². The van der Waals surface area contributed by atoms with Crippen molar-refractivity contribution in [1.82, 2.24) is 25.3 Å². The summed E-state index contributed by atoms with van der Waals surface area (Å²) < 4.78 is 5.43. The molecule has 0 spiro atoms. The van der Waals surface area contributed by atoms with Gasteiger partial charge in [-0.3, -0.25) is 0 Å². The Balaban J connectivity index is 1.74. The highest BCUT2D eigenvalue weighted by Crippen LogP contribution is 2.15. The van der Waals surface area contributed by atoms with E-state index in [1.165, 1.54) is 19.4 Å². The zero-order valence-electron chi connectivity index (χ0n) is 13.8. The fourth-order valence-corrected chi connectivity index (χ4v) is 2.74. The highest BCUT2D eigenvalue weighted by Gasteiger charge is 2.20. The summed E-state index contributed by atoms with van der Waals surface area (Å²) in [5.74, 6) is 1.62. The topological polar surface area (TPSA) is 74.5 Å². The van der Waals surface area contributed by atoms with Crippen molar-refractivity contribution in [2.45, 2.75) is 39.7 Å². The van der Waals surface area contributed by atoms with Gasteiger partial charge in [0.25, 0.3) is 0 Å². The molecule has 1 N–H and O–H groups in total. The van der Waals surface area contributed by atoms with Crippen molar-refractivity contribution in [3.8, 4) is 0 Å². The SMILES string of the molecule is CCc1nnc(CN(C)C(=O)NCC2CCCN(CC)C2)o1. The van der Waals surface area contributed by atoms with Crippen LogP contribution in [0.3, 0.4) is 0 Å². The molecule has 2 rings (SSSR count). The fraction of sp³-hybridized carbons (Fsp3) is 0.800. The number of aromatic nitrogens is 2. The molecule has 1 saturated heterocycles. The monoisotopic (exact) mass is 309 g/mol.